The molecule has 0 unspecified atom stereocenters. The maximum atomic E-state index is 13.6. The van der Waals surface area contributed by atoms with E-state index in [1.807, 2.05) is 0 Å². The zero-order valence-corrected chi connectivity index (χ0v) is 18.0. The van der Waals surface area contributed by atoms with Gasteiger partial charge in [0, 0.05) is 18.0 Å². The molecule has 5 rings (SSSR count). The van der Waals surface area contributed by atoms with Gasteiger partial charge in [0.2, 0.25) is 17.4 Å². The predicted octanol–water partition coefficient (Wildman–Crippen LogP) is -0.0964. The quantitative estimate of drug-likeness (QED) is 0.590. The number of amides is 3. The van der Waals surface area contributed by atoms with E-state index >= 15 is 0 Å². The van der Waals surface area contributed by atoms with E-state index in [2.05, 4.69) is 5.32 Å². The van der Waals surface area contributed by atoms with Crippen molar-refractivity contribution in [1.82, 2.24) is 4.90 Å². The standard InChI is InChI=1S/C23H19ClFN3O5/c24-14-3-1-2-13-19(14)26-22(33)23(13)18-17(15(27-23)8-9-16(29)30)20(31)28(21(18)32)10-11-4-6-12(25)7-5-11/h1-7,15,17-18,27H,8-10H2,(H,26,33)(H,29,30)/t15-,17-,18+,23+/m1/s1. The van der Waals surface area contributed by atoms with Crippen molar-refractivity contribution in [2.45, 2.75) is 31.0 Å². The van der Waals surface area contributed by atoms with Crippen LogP contribution in [0.5, 0.6) is 0 Å². The smallest absolute Gasteiger partial charge is 0.291 e. The van der Waals surface area contributed by atoms with E-state index < -0.39 is 52.9 Å². The number of carboxylic acids is 1. The third-order valence-electron chi connectivity index (χ3n) is 6.88. The monoisotopic (exact) mass is 471 g/mol. The lowest BCUT2D eigenvalue weighted by molar-refractivity contribution is -0.734. The fourth-order valence-electron chi connectivity index (χ4n) is 5.49. The number of para-hydroxylation sites is 1. The van der Waals surface area contributed by atoms with Crippen molar-refractivity contribution in [1.29, 1.82) is 0 Å². The van der Waals surface area contributed by atoms with Gasteiger partial charge >= 0.3 is 0 Å². The van der Waals surface area contributed by atoms with Crippen molar-refractivity contribution in [3.8, 4) is 0 Å². The van der Waals surface area contributed by atoms with Crippen LogP contribution in [0.2, 0.25) is 5.02 Å². The molecule has 2 aromatic rings. The minimum absolute atomic E-state index is 0.0534. The Hall–Kier alpha value is -3.30. The summed E-state index contributed by atoms with van der Waals surface area (Å²) >= 11 is 6.28. The Labute approximate surface area is 192 Å². The largest absolute Gasteiger partial charge is 0.550 e. The average Bonchev–Trinajstić information content (AvgIpc) is 3.35. The van der Waals surface area contributed by atoms with Gasteiger partial charge in [0.1, 0.15) is 23.7 Å². The Morgan fingerprint density at radius 1 is 1.15 bits per heavy atom. The summed E-state index contributed by atoms with van der Waals surface area (Å²) in [5.41, 5.74) is 0.000548. The van der Waals surface area contributed by atoms with Crippen LogP contribution in [-0.2, 0) is 31.3 Å². The number of nitrogens with one attached hydrogen (secondary N) is 1. The number of imide groups is 1. The van der Waals surface area contributed by atoms with Crippen LogP contribution in [-0.4, -0.2) is 34.6 Å². The van der Waals surface area contributed by atoms with Gasteiger partial charge < -0.3 is 20.5 Å². The van der Waals surface area contributed by atoms with Gasteiger partial charge in [0.25, 0.3) is 5.91 Å². The number of rotatable bonds is 5. The van der Waals surface area contributed by atoms with E-state index in [1.54, 1.807) is 23.5 Å². The van der Waals surface area contributed by atoms with Gasteiger partial charge in [0.05, 0.1) is 17.3 Å². The first-order chi connectivity index (χ1) is 15.7. The number of likely N-dealkylation sites (tertiary alicyclic amines) is 1. The first kappa shape index (κ1) is 21.5. The van der Waals surface area contributed by atoms with E-state index in [0.717, 1.165) is 4.90 Å². The SMILES string of the molecule is O=C([O-])CC[C@H]1[NH2+][C@]2(C(=O)Nc3c(Cl)cccc32)[C@@H]2C(=O)N(Cc3ccc(F)cc3)C(=O)[C@@H]21. The lowest BCUT2D eigenvalue weighted by Crippen LogP contribution is -2.99. The van der Waals surface area contributed by atoms with Gasteiger partial charge in [0.15, 0.2) is 0 Å². The van der Waals surface area contributed by atoms with Crippen molar-refractivity contribution in [2.75, 3.05) is 5.32 Å². The maximum absolute atomic E-state index is 13.6. The minimum Gasteiger partial charge on any atom is -0.550 e. The van der Waals surface area contributed by atoms with Gasteiger partial charge in [-0.2, -0.15) is 0 Å². The number of hydrogen-bond acceptors (Lipinski definition) is 5. The molecule has 3 amide bonds. The molecule has 3 aliphatic heterocycles. The number of nitrogens with two attached hydrogens (primary N) is 1. The van der Waals surface area contributed by atoms with Crippen LogP contribution in [0.4, 0.5) is 10.1 Å². The molecular weight excluding hydrogens is 453 g/mol. The number of benzene rings is 2. The number of carbonyl (C=O) groups excluding carboxylic acids is 4. The predicted molar refractivity (Wildman–Crippen MR) is 111 cm³/mol. The molecule has 0 aliphatic carbocycles. The third kappa shape index (κ3) is 3.14. The molecule has 1 spiro atoms. The van der Waals surface area contributed by atoms with Gasteiger partial charge in [-0.3, -0.25) is 19.3 Å². The van der Waals surface area contributed by atoms with E-state index in [9.17, 15) is 28.7 Å². The van der Waals surface area contributed by atoms with Gasteiger partial charge in [-0.05, 0) is 36.2 Å². The van der Waals surface area contributed by atoms with Crippen molar-refractivity contribution >= 4 is 41.0 Å². The van der Waals surface area contributed by atoms with E-state index in [0.29, 0.717) is 21.8 Å². The highest BCUT2D eigenvalue weighted by Gasteiger charge is 2.74. The van der Waals surface area contributed by atoms with Crippen LogP contribution in [0, 0.1) is 17.7 Å². The van der Waals surface area contributed by atoms with Crippen molar-refractivity contribution in [2.24, 2.45) is 11.8 Å². The average molecular weight is 472 g/mol. The fourth-order valence-corrected chi connectivity index (χ4v) is 5.71. The molecule has 0 radical (unpaired) electrons. The Kier molecular flexibility index (Phi) is 4.98. The fraction of sp³-hybridized carbons (Fsp3) is 0.304. The molecule has 0 bridgehead atoms. The zero-order valence-electron chi connectivity index (χ0n) is 17.2. The van der Waals surface area contributed by atoms with Crippen LogP contribution in [0.3, 0.4) is 0 Å². The molecule has 8 nitrogen and oxygen atoms in total. The van der Waals surface area contributed by atoms with Crippen LogP contribution in [0.25, 0.3) is 0 Å². The lowest BCUT2D eigenvalue weighted by atomic mass is 9.76. The number of fused-ring (bicyclic) bond motifs is 4. The normalized spacial score (nSPS) is 27.8. The molecule has 0 saturated carbocycles. The first-order valence-electron chi connectivity index (χ1n) is 10.5. The van der Waals surface area contributed by atoms with E-state index in [-0.39, 0.29) is 19.4 Å². The number of nitrogens with zero attached hydrogens (tertiary/aromatic N) is 1. The summed E-state index contributed by atoms with van der Waals surface area (Å²) in [6, 6.07) is 9.78. The highest BCUT2D eigenvalue weighted by atomic mass is 35.5. The van der Waals surface area contributed by atoms with Crippen molar-refractivity contribution < 1.29 is 34.0 Å². The number of carboxylic acid groups (broad SMARTS) is 1. The molecule has 33 heavy (non-hydrogen) atoms. The topological polar surface area (TPSA) is 123 Å². The molecule has 2 saturated heterocycles. The van der Waals surface area contributed by atoms with Gasteiger partial charge in [-0.1, -0.05) is 29.8 Å². The van der Waals surface area contributed by atoms with Crippen LogP contribution in [0.15, 0.2) is 42.5 Å². The molecule has 2 aromatic carbocycles. The van der Waals surface area contributed by atoms with Gasteiger partial charge in [-0.15, -0.1) is 0 Å². The number of halogens is 2. The summed E-state index contributed by atoms with van der Waals surface area (Å²) in [6.45, 7) is -0.0712. The molecule has 10 heteroatoms. The molecule has 2 fully saturated rings. The van der Waals surface area contributed by atoms with Crippen molar-refractivity contribution in [3.05, 3.63) is 64.4 Å². The molecular formula is C23H19ClFN3O5. The third-order valence-corrected chi connectivity index (χ3v) is 7.20. The Morgan fingerprint density at radius 3 is 2.58 bits per heavy atom. The van der Waals surface area contributed by atoms with Gasteiger partial charge in [-0.25, -0.2) is 4.39 Å². The highest BCUT2D eigenvalue weighted by molar-refractivity contribution is 6.35. The second kappa shape index (κ2) is 7.64. The maximum Gasteiger partial charge on any atom is 0.291 e. The molecule has 3 aliphatic rings. The van der Waals surface area contributed by atoms with Crippen LogP contribution >= 0.6 is 11.6 Å². The number of hydrogen-bond donors (Lipinski definition) is 2. The van der Waals surface area contributed by atoms with Crippen LogP contribution < -0.4 is 15.7 Å². The molecule has 3 N–H and O–H groups in total. The Bertz CT molecular complexity index is 1200. The lowest BCUT2D eigenvalue weighted by Gasteiger charge is -2.26. The number of carbonyl (C=O) groups is 4. The number of quaternary nitrogens is 1. The summed E-state index contributed by atoms with van der Waals surface area (Å²) < 4.78 is 13.3. The summed E-state index contributed by atoms with van der Waals surface area (Å²) in [4.78, 5) is 52.6. The Morgan fingerprint density at radius 2 is 1.88 bits per heavy atom. The van der Waals surface area contributed by atoms with Crippen LogP contribution in [0.1, 0.15) is 24.0 Å². The first-order valence-corrected chi connectivity index (χ1v) is 10.9. The molecule has 4 atom stereocenters. The van der Waals surface area contributed by atoms with Crippen molar-refractivity contribution in [3.63, 3.8) is 0 Å². The molecule has 0 aromatic heterocycles. The highest BCUT2D eigenvalue weighted by Crippen LogP contribution is 2.51. The molecule has 3 heterocycles. The summed E-state index contributed by atoms with van der Waals surface area (Å²) in [6.07, 6.45) is -0.262. The van der Waals surface area contributed by atoms with E-state index in [4.69, 9.17) is 11.6 Å². The second-order valence-electron chi connectivity index (χ2n) is 8.62. The number of aliphatic carboxylic acids is 1. The Balaban J connectivity index is 1.58. The minimum atomic E-state index is -1.44. The number of anilines is 1. The molecule has 170 valence electrons. The zero-order chi connectivity index (χ0) is 23.5. The summed E-state index contributed by atoms with van der Waals surface area (Å²) in [5, 5.41) is 15.8. The summed E-state index contributed by atoms with van der Waals surface area (Å²) in [7, 11) is 0. The summed E-state index contributed by atoms with van der Waals surface area (Å²) in [5.74, 6) is -5.12. The van der Waals surface area contributed by atoms with E-state index in [1.165, 1.54) is 24.3 Å². The second-order valence-corrected chi connectivity index (χ2v) is 9.03.